The molecule has 0 saturated heterocycles. The molecule has 1 aliphatic rings. The quantitative estimate of drug-likeness (QED) is 0.124. The van der Waals surface area contributed by atoms with Crippen LogP contribution in [0.25, 0.3) is 0 Å². The minimum Gasteiger partial charge on any atom is -0.465 e. The van der Waals surface area contributed by atoms with Gasteiger partial charge in [-0.25, -0.2) is 4.79 Å². The molecular formula is C44H78O14. The highest BCUT2D eigenvalue weighted by Gasteiger charge is 2.26. The predicted molar refractivity (Wildman–Crippen MR) is 223 cm³/mol. The fraction of sp³-hybridized carbons (Fsp3) is 0.750. The summed E-state index contributed by atoms with van der Waals surface area (Å²) in [6.07, 6.45) is 2.67. The molecule has 14 heteroatoms. The minimum absolute atomic E-state index is 0.0757. The predicted octanol–water partition coefficient (Wildman–Crippen LogP) is 10.00. The molecule has 1 aromatic heterocycles. The van der Waals surface area contributed by atoms with E-state index in [1.807, 2.05) is 83.1 Å². The van der Waals surface area contributed by atoms with Crippen molar-refractivity contribution in [1.29, 1.82) is 0 Å². The number of carbonyl (C=O) groups is 4. The van der Waals surface area contributed by atoms with Gasteiger partial charge in [0.25, 0.3) is 5.95 Å². The Morgan fingerprint density at radius 3 is 1.22 bits per heavy atom. The van der Waals surface area contributed by atoms with Crippen molar-refractivity contribution >= 4 is 23.9 Å². The highest BCUT2D eigenvalue weighted by atomic mass is 16.7. The van der Waals surface area contributed by atoms with Crippen LogP contribution in [0.3, 0.4) is 0 Å². The normalized spacial score (nSPS) is 12.7. The lowest BCUT2D eigenvalue weighted by Gasteiger charge is -2.17. The van der Waals surface area contributed by atoms with Crippen LogP contribution in [0.2, 0.25) is 0 Å². The van der Waals surface area contributed by atoms with Gasteiger partial charge in [-0.1, -0.05) is 34.6 Å². The number of hydrogen-bond donors (Lipinski definition) is 0. The molecule has 0 bridgehead atoms. The molecule has 0 amide bonds. The van der Waals surface area contributed by atoms with Crippen LogP contribution in [0, 0.1) is 34.0 Å². The van der Waals surface area contributed by atoms with Crippen molar-refractivity contribution < 1.29 is 61.2 Å². The van der Waals surface area contributed by atoms with Gasteiger partial charge < -0.3 is 42.0 Å². The highest BCUT2D eigenvalue weighted by Crippen LogP contribution is 2.33. The molecule has 2 heterocycles. The molecule has 14 nitrogen and oxygen atoms in total. The topological polar surface area (TPSA) is 176 Å². The van der Waals surface area contributed by atoms with Gasteiger partial charge in [-0.2, -0.15) is 0 Å². The van der Waals surface area contributed by atoms with Gasteiger partial charge in [0.05, 0.1) is 41.5 Å². The number of aryl methyl sites for hydroxylation is 1. The van der Waals surface area contributed by atoms with Gasteiger partial charge in [-0.3, -0.25) is 19.2 Å². The molecular weight excluding hydrogens is 752 g/mol. The Hall–Kier alpha value is -4.07. The number of methoxy groups -OCH3 is 1. The second-order valence-electron chi connectivity index (χ2n) is 18.7. The van der Waals surface area contributed by atoms with Crippen molar-refractivity contribution in [3.8, 4) is 0 Å². The number of esters is 4. The van der Waals surface area contributed by atoms with E-state index < -0.39 is 16.7 Å². The van der Waals surface area contributed by atoms with Gasteiger partial charge in [0.15, 0.2) is 18.1 Å². The summed E-state index contributed by atoms with van der Waals surface area (Å²) >= 11 is 0. The molecule has 0 radical (unpaired) electrons. The van der Waals surface area contributed by atoms with E-state index in [0.717, 1.165) is 30.8 Å². The van der Waals surface area contributed by atoms with E-state index in [-0.39, 0.29) is 52.5 Å². The first-order valence-electron chi connectivity index (χ1n) is 19.7. The lowest BCUT2D eigenvalue weighted by molar-refractivity contribution is -0.155. The summed E-state index contributed by atoms with van der Waals surface area (Å²) in [5, 5.41) is 0. The maximum Gasteiger partial charge on any atom is 0.519 e. The Morgan fingerprint density at radius 2 is 0.948 bits per heavy atom. The summed E-state index contributed by atoms with van der Waals surface area (Å²) in [6.45, 7) is 41.1. The molecule has 1 aromatic rings. The maximum absolute atomic E-state index is 11.4. The van der Waals surface area contributed by atoms with Crippen LogP contribution in [-0.2, 0) is 58.9 Å². The standard InChI is InChI=1S/C10H14O5.C10H16O2.C8H16O3.2C8H16O2/c1-6-7(15-9(12)14-6)5-13-8(11)10(2,3)4;1-7-9(6-10(3,4)5)12-8(2)11-7;1-8(2,3)7(9)11-6-5-10-4;2*1-5-6-10-7(9)8(2,3)4/h5H2,1-4H3;2,6H2,1,3-5H3;5-6H2,1-4H3;2*5-6H2,1-4H3. The van der Waals surface area contributed by atoms with Gasteiger partial charge in [-0.05, 0) is 122 Å². The third kappa shape index (κ3) is 30.1. The van der Waals surface area contributed by atoms with Gasteiger partial charge in [0, 0.05) is 13.5 Å². The number of ether oxygens (including phenoxy) is 7. The summed E-state index contributed by atoms with van der Waals surface area (Å²) in [7, 11) is 1.57. The lowest BCUT2D eigenvalue weighted by atomic mass is 9.91. The minimum atomic E-state index is -0.783. The molecule has 2 rings (SSSR count). The lowest BCUT2D eigenvalue weighted by Crippen LogP contribution is -2.24. The summed E-state index contributed by atoms with van der Waals surface area (Å²) in [5.41, 5.74) is -1.46. The fourth-order valence-corrected chi connectivity index (χ4v) is 3.21. The molecule has 0 unspecified atom stereocenters. The van der Waals surface area contributed by atoms with Gasteiger partial charge in [0.2, 0.25) is 0 Å². The smallest absolute Gasteiger partial charge is 0.465 e. The monoisotopic (exact) mass is 831 g/mol. The molecule has 0 N–H and O–H groups in total. The van der Waals surface area contributed by atoms with Crippen molar-refractivity contribution in [3.05, 3.63) is 46.2 Å². The maximum atomic E-state index is 11.4. The largest absolute Gasteiger partial charge is 0.519 e. The Balaban J connectivity index is -0.000000659. The first-order chi connectivity index (χ1) is 26.1. The Morgan fingerprint density at radius 1 is 0.569 bits per heavy atom. The van der Waals surface area contributed by atoms with E-state index in [1.165, 1.54) is 0 Å². The summed E-state index contributed by atoms with van der Waals surface area (Å²) in [4.78, 5) is 55.1. The Bertz CT molecular complexity index is 1440. The van der Waals surface area contributed by atoms with Crippen LogP contribution in [0.15, 0.2) is 37.7 Å². The Kier molecular flexibility index (Phi) is 27.0. The SMILES string of the molecule is C=C1OC(C)=C(CC(C)(C)C)O1.CCCOC(=O)C(C)(C)C.CCCOC(=O)C(C)(C)C.COCCOC(=O)C(C)(C)C.Cc1oc(=O)oc1COC(=O)C(C)(C)C. The van der Waals surface area contributed by atoms with Crippen LogP contribution in [-0.4, -0.2) is 57.4 Å². The van der Waals surface area contributed by atoms with Crippen LogP contribution < -0.4 is 5.82 Å². The number of hydrogen-bond acceptors (Lipinski definition) is 14. The van der Waals surface area contributed by atoms with Crippen molar-refractivity contribution in [1.82, 2.24) is 0 Å². The summed E-state index contributed by atoms with van der Waals surface area (Å²) in [5.74, 6) is 1.17. The van der Waals surface area contributed by atoms with Crippen LogP contribution in [0.5, 0.6) is 0 Å². The van der Waals surface area contributed by atoms with Crippen LogP contribution in [0.4, 0.5) is 0 Å². The zero-order valence-corrected chi connectivity index (χ0v) is 39.6. The van der Waals surface area contributed by atoms with Gasteiger partial charge in [0.1, 0.15) is 18.1 Å². The molecule has 0 spiro atoms. The number of allylic oxidation sites excluding steroid dienone is 2. The second kappa shape index (κ2) is 26.8. The average molecular weight is 831 g/mol. The zero-order valence-electron chi connectivity index (χ0n) is 39.6. The summed E-state index contributed by atoms with van der Waals surface area (Å²) < 4.78 is 44.2. The van der Waals surface area contributed by atoms with Gasteiger partial charge >= 0.3 is 29.7 Å². The van der Waals surface area contributed by atoms with E-state index in [1.54, 1.807) is 34.8 Å². The highest BCUT2D eigenvalue weighted by molar-refractivity contribution is 5.76. The van der Waals surface area contributed by atoms with E-state index in [9.17, 15) is 24.0 Å². The molecule has 0 saturated carbocycles. The average Bonchev–Trinajstić information content (AvgIpc) is 3.56. The number of carbonyl (C=O) groups excluding carboxylic acids is 4. The molecule has 1 aliphatic heterocycles. The zero-order chi connectivity index (χ0) is 46.3. The first kappa shape index (κ1) is 58.2. The van der Waals surface area contributed by atoms with Crippen molar-refractivity contribution in [2.45, 2.75) is 157 Å². The van der Waals surface area contributed by atoms with E-state index in [0.29, 0.717) is 38.1 Å². The molecule has 0 aromatic carbocycles. The molecule has 58 heavy (non-hydrogen) atoms. The van der Waals surface area contributed by atoms with Crippen molar-refractivity contribution in [3.63, 3.8) is 0 Å². The molecule has 338 valence electrons. The molecule has 0 aliphatic carbocycles. The van der Waals surface area contributed by atoms with Crippen LogP contribution in [0.1, 0.15) is 155 Å². The molecule has 0 atom stereocenters. The Labute approximate surface area is 348 Å². The van der Waals surface area contributed by atoms with E-state index in [2.05, 4.69) is 36.2 Å². The van der Waals surface area contributed by atoms with E-state index >= 15 is 0 Å². The van der Waals surface area contributed by atoms with E-state index in [4.69, 9.17) is 33.2 Å². The number of rotatable bonds is 10. The summed E-state index contributed by atoms with van der Waals surface area (Å²) in [6, 6.07) is 0. The van der Waals surface area contributed by atoms with Gasteiger partial charge in [-0.15, -0.1) is 0 Å². The fourth-order valence-electron chi connectivity index (χ4n) is 3.21. The second-order valence-corrected chi connectivity index (χ2v) is 18.7. The van der Waals surface area contributed by atoms with Crippen LogP contribution >= 0.6 is 0 Å². The van der Waals surface area contributed by atoms with Crippen molar-refractivity contribution in [2.24, 2.45) is 27.1 Å². The third-order valence-electron chi connectivity index (χ3n) is 6.60. The first-order valence-corrected chi connectivity index (χ1v) is 19.7. The van der Waals surface area contributed by atoms with Crippen molar-refractivity contribution in [2.75, 3.05) is 33.5 Å². The molecule has 0 fully saturated rings. The third-order valence-corrected chi connectivity index (χ3v) is 6.60.